The van der Waals surface area contributed by atoms with Gasteiger partial charge in [0.2, 0.25) is 0 Å². The van der Waals surface area contributed by atoms with Crippen LogP contribution in [-0.4, -0.2) is 28.7 Å². The number of carbonyl (C=O) groups is 1. The number of halogens is 1. The Morgan fingerprint density at radius 3 is 2.79 bits per heavy atom. The fourth-order valence-corrected chi connectivity index (χ4v) is 4.02. The third-order valence-electron chi connectivity index (χ3n) is 4.84. The minimum atomic E-state index is -0.623. The third-order valence-corrected chi connectivity index (χ3v) is 5.33. The average Bonchev–Trinajstić information content (AvgIpc) is 2.62. The molecule has 0 unspecified atom stereocenters. The van der Waals surface area contributed by atoms with Crippen molar-refractivity contribution in [3.05, 3.63) is 64.1 Å². The average molecular weight is 388 g/mol. The fraction of sp³-hybridized carbons (Fsp3) is 0.316. The Morgan fingerprint density at radius 2 is 2.00 bits per heavy atom. The zero-order valence-electron chi connectivity index (χ0n) is 13.1. The smallest absolute Gasteiger partial charge is 0.256 e. The second kappa shape index (κ2) is 6.22. The highest BCUT2D eigenvalue weighted by Gasteiger charge is 2.44. The molecule has 1 amide bonds. The Kier molecular flexibility index (Phi) is 4.06. The minimum Gasteiger partial charge on any atom is -0.470 e. The van der Waals surface area contributed by atoms with E-state index in [1.807, 2.05) is 48.5 Å². The quantitative estimate of drug-likeness (QED) is 0.810. The van der Waals surface area contributed by atoms with Crippen LogP contribution in [0.25, 0.3) is 0 Å². The molecule has 0 spiro atoms. The van der Waals surface area contributed by atoms with Crippen molar-refractivity contribution in [3.63, 3.8) is 0 Å². The molecule has 0 saturated carbocycles. The Bertz CT molecular complexity index is 764. The summed E-state index contributed by atoms with van der Waals surface area (Å²) >= 11 is 3.44. The van der Waals surface area contributed by atoms with Gasteiger partial charge in [-0.25, -0.2) is 0 Å². The molecule has 1 saturated heterocycles. The van der Waals surface area contributed by atoms with Gasteiger partial charge in [0.25, 0.3) is 5.91 Å². The number of fused-ring (bicyclic) bond motifs is 2. The van der Waals surface area contributed by atoms with Crippen LogP contribution in [0, 0.1) is 5.92 Å². The molecule has 2 aliphatic rings. The number of carbonyl (C=O) groups excluding carboxylic acids is 1. The number of amides is 1. The van der Waals surface area contributed by atoms with Gasteiger partial charge in [-0.2, -0.15) is 0 Å². The van der Waals surface area contributed by atoms with E-state index in [0.29, 0.717) is 17.9 Å². The Balaban J connectivity index is 1.68. The summed E-state index contributed by atoms with van der Waals surface area (Å²) in [4.78, 5) is 14.6. The van der Waals surface area contributed by atoms with E-state index in [9.17, 15) is 9.90 Å². The summed E-state index contributed by atoms with van der Waals surface area (Å²) in [5.74, 6) is 0.506. The van der Waals surface area contributed by atoms with Crippen molar-refractivity contribution in [2.75, 3.05) is 6.54 Å². The van der Waals surface area contributed by atoms with E-state index >= 15 is 0 Å². The van der Waals surface area contributed by atoms with Gasteiger partial charge in [0.15, 0.2) is 6.23 Å². The number of nitrogens with zero attached hydrogens (tertiary/aromatic N) is 1. The van der Waals surface area contributed by atoms with Crippen molar-refractivity contribution in [2.24, 2.45) is 5.92 Å². The summed E-state index contributed by atoms with van der Waals surface area (Å²) in [6, 6.07) is 14.9. The molecule has 3 atom stereocenters. The van der Waals surface area contributed by atoms with Crippen LogP contribution in [0.15, 0.2) is 53.0 Å². The number of ether oxygens (including phenoxy) is 1. The lowest BCUT2D eigenvalue weighted by atomic mass is 9.84. The molecular weight excluding hydrogens is 370 g/mol. The predicted octanol–water partition coefficient (Wildman–Crippen LogP) is 3.75. The lowest BCUT2D eigenvalue weighted by molar-refractivity contribution is -0.0913. The first-order valence-electron chi connectivity index (χ1n) is 8.15. The second-order valence-corrected chi connectivity index (χ2v) is 7.22. The summed E-state index contributed by atoms with van der Waals surface area (Å²) in [5, 5.41) is 10.8. The maximum Gasteiger partial charge on any atom is 0.256 e. The molecule has 0 aromatic heterocycles. The van der Waals surface area contributed by atoms with Gasteiger partial charge in [0.05, 0.1) is 6.10 Å². The molecule has 2 aromatic rings. The minimum absolute atomic E-state index is 0.0435. The molecule has 1 N–H and O–H groups in total. The molecule has 124 valence electrons. The highest BCUT2D eigenvalue weighted by Crippen LogP contribution is 2.44. The van der Waals surface area contributed by atoms with E-state index in [0.717, 1.165) is 22.9 Å². The number of rotatable bonds is 1. The molecule has 2 aromatic carbocycles. The highest BCUT2D eigenvalue weighted by atomic mass is 79.9. The van der Waals surface area contributed by atoms with Crippen LogP contribution in [-0.2, 0) is 0 Å². The van der Waals surface area contributed by atoms with E-state index in [1.54, 1.807) is 4.90 Å². The van der Waals surface area contributed by atoms with Crippen molar-refractivity contribution in [2.45, 2.75) is 25.2 Å². The topological polar surface area (TPSA) is 49.8 Å². The predicted molar refractivity (Wildman–Crippen MR) is 93.7 cm³/mol. The van der Waals surface area contributed by atoms with Gasteiger partial charge in [0, 0.05) is 28.1 Å². The van der Waals surface area contributed by atoms with E-state index in [2.05, 4.69) is 15.9 Å². The SMILES string of the molecule is O=C(c1ccccc1)N1CCC[C@@H]2[C@@H](O)c3cc(Br)ccc3O[C@@H]21. The number of hydrogen-bond acceptors (Lipinski definition) is 3. The van der Waals surface area contributed by atoms with Gasteiger partial charge < -0.3 is 14.7 Å². The fourth-order valence-electron chi connectivity index (χ4n) is 3.65. The van der Waals surface area contributed by atoms with E-state index < -0.39 is 12.3 Å². The summed E-state index contributed by atoms with van der Waals surface area (Å²) in [5.41, 5.74) is 1.44. The number of aliphatic hydroxyl groups excluding tert-OH is 1. The maximum atomic E-state index is 12.9. The van der Waals surface area contributed by atoms with Gasteiger partial charge >= 0.3 is 0 Å². The summed E-state index contributed by atoms with van der Waals surface area (Å²) in [7, 11) is 0. The molecule has 0 bridgehead atoms. The van der Waals surface area contributed by atoms with Crippen molar-refractivity contribution < 1.29 is 14.6 Å². The van der Waals surface area contributed by atoms with Crippen molar-refractivity contribution in [1.82, 2.24) is 4.90 Å². The Morgan fingerprint density at radius 1 is 1.21 bits per heavy atom. The standard InChI is InChI=1S/C19H18BrNO3/c20-13-8-9-16-15(11-13)17(22)14-7-4-10-21(19(14)24-16)18(23)12-5-2-1-3-6-12/h1-3,5-6,8-9,11,14,17,19,22H,4,7,10H2/t14-,17-,19+/m1/s1. The molecular formula is C19H18BrNO3. The van der Waals surface area contributed by atoms with Crippen LogP contribution >= 0.6 is 15.9 Å². The van der Waals surface area contributed by atoms with Crippen LogP contribution in [0.4, 0.5) is 0 Å². The molecule has 0 aliphatic carbocycles. The molecule has 4 rings (SSSR count). The van der Waals surface area contributed by atoms with Crippen molar-refractivity contribution >= 4 is 21.8 Å². The number of likely N-dealkylation sites (tertiary alicyclic amines) is 1. The first kappa shape index (κ1) is 15.7. The molecule has 1 fully saturated rings. The normalized spacial score (nSPS) is 25.4. The maximum absolute atomic E-state index is 12.9. The van der Waals surface area contributed by atoms with Gasteiger partial charge in [-0.1, -0.05) is 34.1 Å². The summed E-state index contributed by atoms with van der Waals surface area (Å²) in [6.07, 6.45) is 0.664. The molecule has 2 heterocycles. The van der Waals surface area contributed by atoms with Gasteiger partial charge in [-0.15, -0.1) is 0 Å². The first-order valence-corrected chi connectivity index (χ1v) is 8.94. The van der Waals surface area contributed by atoms with E-state index in [1.165, 1.54) is 0 Å². The lowest BCUT2D eigenvalue weighted by Crippen LogP contribution is -2.54. The number of hydrogen-bond donors (Lipinski definition) is 1. The van der Waals surface area contributed by atoms with Crippen LogP contribution in [0.2, 0.25) is 0 Å². The number of aliphatic hydroxyl groups is 1. The molecule has 0 radical (unpaired) electrons. The Labute approximate surface area is 149 Å². The molecule has 2 aliphatic heterocycles. The lowest BCUT2D eigenvalue weighted by Gasteiger charge is -2.46. The van der Waals surface area contributed by atoms with Crippen molar-refractivity contribution in [3.8, 4) is 5.75 Å². The van der Waals surface area contributed by atoms with Gasteiger partial charge in [0.1, 0.15) is 5.75 Å². The number of benzene rings is 2. The third kappa shape index (κ3) is 2.62. The van der Waals surface area contributed by atoms with Crippen molar-refractivity contribution in [1.29, 1.82) is 0 Å². The summed E-state index contributed by atoms with van der Waals surface area (Å²) in [6.45, 7) is 0.646. The first-order chi connectivity index (χ1) is 11.6. The zero-order valence-corrected chi connectivity index (χ0v) is 14.6. The molecule has 5 heteroatoms. The molecule has 24 heavy (non-hydrogen) atoms. The van der Waals surface area contributed by atoms with Crippen LogP contribution in [0.5, 0.6) is 5.75 Å². The summed E-state index contributed by atoms with van der Waals surface area (Å²) < 4.78 is 7.05. The van der Waals surface area contributed by atoms with Gasteiger partial charge in [-0.05, 0) is 43.2 Å². The Hall–Kier alpha value is -1.85. The highest BCUT2D eigenvalue weighted by molar-refractivity contribution is 9.10. The van der Waals surface area contributed by atoms with E-state index in [4.69, 9.17) is 4.74 Å². The zero-order chi connectivity index (χ0) is 16.7. The second-order valence-electron chi connectivity index (χ2n) is 6.31. The monoisotopic (exact) mass is 387 g/mol. The van der Waals surface area contributed by atoms with Crippen LogP contribution in [0.3, 0.4) is 0 Å². The van der Waals surface area contributed by atoms with Crippen LogP contribution < -0.4 is 4.74 Å². The molecule has 4 nitrogen and oxygen atoms in total. The van der Waals surface area contributed by atoms with Crippen LogP contribution in [0.1, 0.15) is 34.9 Å². The number of piperidine rings is 1. The largest absolute Gasteiger partial charge is 0.470 e. The van der Waals surface area contributed by atoms with Gasteiger partial charge in [-0.3, -0.25) is 4.79 Å². The van der Waals surface area contributed by atoms with E-state index in [-0.39, 0.29) is 11.8 Å².